The minimum Gasteiger partial charge on any atom is -0.368 e. The molecule has 0 unspecified atom stereocenters. The lowest BCUT2D eigenvalue weighted by Crippen LogP contribution is -2.55. The molecule has 1 atom stereocenters. The molecular weight excluding hydrogens is 314 g/mol. The number of carbonyl (C=O) groups excluding carboxylic acids is 2. The molecule has 0 aromatic heterocycles. The first-order valence-electron chi connectivity index (χ1n) is 9.64. The highest BCUT2D eigenvalue weighted by molar-refractivity contribution is 5.91. The Morgan fingerprint density at radius 1 is 0.920 bits per heavy atom. The molecule has 0 radical (unpaired) electrons. The third kappa shape index (κ3) is 3.24. The Morgan fingerprint density at radius 3 is 2.28 bits per heavy atom. The summed E-state index contributed by atoms with van der Waals surface area (Å²) in [5, 5.41) is 0. The fourth-order valence-electron chi connectivity index (χ4n) is 4.62. The highest BCUT2D eigenvalue weighted by Gasteiger charge is 2.42. The summed E-state index contributed by atoms with van der Waals surface area (Å²) >= 11 is 0. The van der Waals surface area contributed by atoms with Crippen LogP contribution in [0.25, 0.3) is 0 Å². The van der Waals surface area contributed by atoms with Gasteiger partial charge in [-0.05, 0) is 31.4 Å². The second-order valence-electron chi connectivity index (χ2n) is 7.44. The van der Waals surface area contributed by atoms with Gasteiger partial charge in [0.2, 0.25) is 11.8 Å². The molecule has 1 saturated carbocycles. The highest BCUT2D eigenvalue weighted by Crippen LogP contribution is 2.32. The highest BCUT2D eigenvalue weighted by atomic mass is 16.2. The van der Waals surface area contributed by atoms with E-state index in [0.29, 0.717) is 18.9 Å². The molecule has 1 aliphatic carbocycles. The van der Waals surface area contributed by atoms with Gasteiger partial charge in [-0.1, -0.05) is 31.0 Å². The van der Waals surface area contributed by atoms with Gasteiger partial charge < -0.3 is 14.7 Å². The van der Waals surface area contributed by atoms with Crippen LogP contribution >= 0.6 is 0 Å². The number of piperazine rings is 1. The van der Waals surface area contributed by atoms with E-state index in [-0.39, 0.29) is 17.9 Å². The van der Waals surface area contributed by atoms with Crippen molar-refractivity contribution in [3.8, 4) is 0 Å². The first kappa shape index (κ1) is 16.4. The normalized spacial score (nSPS) is 25.0. The Balaban J connectivity index is 1.39. The van der Waals surface area contributed by atoms with E-state index < -0.39 is 0 Å². The van der Waals surface area contributed by atoms with Gasteiger partial charge in [-0.3, -0.25) is 9.59 Å². The number of para-hydroxylation sites is 1. The zero-order valence-corrected chi connectivity index (χ0v) is 14.8. The lowest BCUT2D eigenvalue weighted by Gasteiger charge is -2.39. The minimum atomic E-state index is -0.209. The van der Waals surface area contributed by atoms with Crippen LogP contribution in [0.2, 0.25) is 0 Å². The zero-order valence-electron chi connectivity index (χ0n) is 14.8. The Morgan fingerprint density at radius 2 is 1.60 bits per heavy atom. The van der Waals surface area contributed by atoms with E-state index in [4.69, 9.17) is 0 Å². The molecule has 134 valence electrons. The summed E-state index contributed by atoms with van der Waals surface area (Å²) in [6.07, 6.45) is 5.74. The molecule has 2 saturated heterocycles. The molecule has 1 aromatic carbocycles. The molecule has 1 aromatic rings. The van der Waals surface area contributed by atoms with Crippen molar-refractivity contribution < 1.29 is 9.59 Å². The van der Waals surface area contributed by atoms with E-state index in [9.17, 15) is 9.59 Å². The smallest absolute Gasteiger partial charge is 0.245 e. The van der Waals surface area contributed by atoms with Gasteiger partial charge in [0.1, 0.15) is 6.04 Å². The number of carbonyl (C=O) groups is 2. The topological polar surface area (TPSA) is 43.9 Å². The van der Waals surface area contributed by atoms with Crippen LogP contribution in [0.15, 0.2) is 30.3 Å². The van der Waals surface area contributed by atoms with Crippen LogP contribution in [-0.4, -0.2) is 59.9 Å². The minimum absolute atomic E-state index is 0.172. The van der Waals surface area contributed by atoms with Crippen molar-refractivity contribution in [2.24, 2.45) is 0 Å². The Kier molecular flexibility index (Phi) is 4.64. The van der Waals surface area contributed by atoms with Crippen molar-refractivity contribution in [3.63, 3.8) is 0 Å². The molecule has 0 spiro atoms. The van der Waals surface area contributed by atoms with Gasteiger partial charge >= 0.3 is 0 Å². The molecule has 2 heterocycles. The molecule has 3 fully saturated rings. The van der Waals surface area contributed by atoms with Gasteiger partial charge in [-0.2, -0.15) is 0 Å². The van der Waals surface area contributed by atoms with Crippen molar-refractivity contribution in [1.82, 2.24) is 9.80 Å². The van der Waals surface area contributed by atoms with E-state index in [1.165, 1.54) is 18.5 Å². The van der Waals surface area contributed by atoms with Crippen LogP contribution in [0.1, 0.15) is 38.5 Å². The van der Waals surface area contributed by atoms with Crippen LogP contribution in [0.5, 0.6) is 0 Å². The van der Waals surface area contributed by atoms with E-state index in [0.717, 1.165) is 39.0 Å². The number of rotatable bonds is 3. The molecule has 2 amide bonds. The van der Waals surface area contributed by atoms with Crippen molar-refractivity contribution in [1.29, 1.82) is 0 Å². The van der Waals surface area contributed by atoms with Crippen LogP contribution in [0.3, 0.4) is 0 Å². The first-order valence-corrected chi connectivity index (χ1v) is 9.64. The fourth-order valence-corrected chi connectivity index (χ4v) is 4.62. The fraction of sp³-hybridized carbons (Fsp3) is 0.600. The number of hydrogen-bond donors (Lipinski definition) is 0. The van der Waals surface area contributed by atoms with Crippen molar-refractivity contribution >= 4 is 17.5 Å². The standard InChI is InChI=1S/C20H27N3O2/c24-19-11-10-18(23(19)17-8-4-5-9-17)20(25)22-14-12-21(13-15-22)16-6-2-1-3-7-16/h1-3,6-7,17-18H,4-5,8-15H2/t18-/m0/s1. The zero-order chi connectivity index (χ0) is 17.2. The quantitative estimate of drug-likeness (QED) is 0.847. The summed E-state index contributed by atoms with van der Waals surface area (Å²) in [6.45, 7) is 3.22. The molecule has 0 N–H and O–H groups in total. The maximum atomic E-state index is 13.1. The summed E-state index contributed by atoms with van der Waals surface area (Å²) in [5.74, 6) is 0.360. The molecule has 25 heavy (non-hydrogen) atoms. The predicted molar refractivity (Wildman–Crippen MR) is 97.4 cm³/mol. The molecule has 2 aliphatic heterocycles. The van der Waals surface area contributed by atoms with E-state index in [2.05, 4.69) is 29.2 Å². The molecule has 5 heteroatoms. The predicted octanol–water partition coefficient (Wildman–Crippen LogP) is 2.27. The van der Waals surface area contributed by atoms with Crippen molar-refractivity contribution in [2.75, 3.05) is 31.1 Å². The maximum Gasteiger partial charge on any atom is 0.245 e. The third-order valence-corrected chi connectivity index (χ3v) is 5.97. The Labute approximate surface area is 149 Å². The molecule has 4 rings (SSSR count). The number of anilines is 1. The summed E-state index contributed by atoms with van der Waals surface area (Å²) in [4.78, 5) is 31.7. The molecule has 0 bridgehead atoms. The van der Waals surface area contributed by atoms with Crippen LogP contribution in [0, 0.1) is 0 Å². The van der Waals surface area contributed by atoms with Gasteiger partial charge in [0.25, 0.3) is 0 Å². The number of amides is 2. The monoisotopic (exact) mass is 341 g/mol. The van der Waals surface area contributed by atoms with Crippen LogP contribution < -0.4 is 4.90 Å². The number of hydrogen-bond acceptors (Lipinski definition) is 3. The van der Waals surface area contributed by atoms with Crippen LogP contribution in [-0.2, 0) is 9.59 Å². The Hall–Kier alpha value is -2.04. The lowest BCUT2D eigenvalue weighted by atomic mass is 10.1. The van der Waals surface area contributed by atoms with Gasteiger partial charge in [0.15, 0.2) is 0 Å². The third-order valence-electron chi connectivity index (χ3n) is 5.97. The van der Waals surface area contributed by atoms with Crippen molar-refractivity contribution in [3.05, 3.63) is 30.3 Å². The van der Waals surface area contributed by atoms with E-state index in [1.807, 2.05) is 15.9 Å². The number of benzene rings is 1. The van der Waals surface area contributed by atoms with Crippen molar-refractivity contribution in [2.45, 2.75) is 50.6 Å². The number of nitrogens with zero attached hydrogens (tertiary/aromatic N) is 3. The molecule has 5 nitrogen and oxygen atoms in total. The van der Waals surface area contributed by atoms with Crippen LogP contribution in [0.4, 0.5) is 5.69 Å². The average Bonchev–Trinajstić information content (AvgIpc) is 3.31. The maximum absolute atomic E-state index is 13.1. The van der Waals surface area contributed by atoms with Gasteiger partial charge in [-0.15, -0.1) is 0 Å². The second kappa shape index (κ2) is 7.06. The van der Waals surface area contributed by atoms with Gasteiger partial charge in [-0.25, -0.2) is 0 Å². The largest absolute Gasteiger partial charge is 0.368 e. The number of likely N-dealkylation sites (tertiary alicyclic amines) is 1. The SMILES string of the molecule is O=C([C@@H]1CCC(=O)N1C1CCCC1)N1CCN(c2ccccc2)CC1. The second-order valence-corrected chi connectivity index (χ2v) is 7.44. The summed E-state index contributed by atoms with van der Waals surface area (Å²) in [5.41, 5.74) is 1.22. The summed E-state index contributed by atoms with van der Waals surface area (Å²) < 4.78 is 0. The Bertz CT molecular complexity index is 619. The van der Waals surface area contributed by atoms with E-state index in [1.54, 1.807) is 0 Å². The summed E-state index contributed by atoms with van der Waals surface area (Å²) in [6, 6.07) is 10.5. The first-order chi connectivity index (χ1) is 12.2. The average molecular weight is 341 g/mol. The van der Waals surface area contributed by atoms with Gasteiger partial charge in [0, 0.05) is 44.3 Å². The summed E-state index contributed by atoms with van der Waals surface area (Å²) in [7, 11) is 0. The molecule has 3 aliphatic rings. The lowest BCUT2D eigenvalue weighted by molar-refractivity contribution is -0.143. The van der Waals surface area contributed by atoms with Gasteiger partial charge in [0.05, 0.1) is 0 Å². The van der Waals surface area contributed by atoms with E-state index >= 15 is 0 Å². The molecular formula is C20H27N3O2.